The van der Waals surface area contributed by atoms with Crippen molar-refractivity contribution in [3.63, 3.8) is 0 Å². The first-order valence-corrected chi connectivity index (χ1v) is 7.43. The number of aryl methyl sites for hydroxylation is 2. The van der Waals surface area contributed by atoms with Crippen LogP contribution in [0.4, 0.5) is 0 Å². The van der Waals surface area contributed by atoms with Gasteiger partial charge in [0, 0.05) is 17.8 Å². The van der Waals surface area contributed by atoms with Crippen molar-refractivity contribution in [3.8, 4) is 5.75 Å². The lowest BCUT2D eigenvalue weighted by Crippen LogP contribution is -2.23. The second-order valence-corrected chi connectivity index (χ2v) is 5.35. The van der Waals surface area contributed by atoms with Crippen LogP contribution in [0.1, 0.15) is 35.2 Å². The lowest BCUT2D eigenvalue weighted by Gasteiger charge is -2.21. The van der Waals surface area contributed by atoms with Crippen molar-refractivity contribution >= 4 is 0 Å². The maximum absolute atomic E-state index is 5.45. The Hall–Kier alpha value is -1.87. The molecule has 1 heterocycles. The number of nitrogens with one attached hydrogen (secondary N) is 1. The molecule has 0 aliphatic rings. The van der Waals surface area contributed by atoms with Gasteiger partial charge in [-0.25, -0.2) is 0 Å². The van der Waals surface area contributed by atoms with Crippen molar-refractivity contribution < 1.29 is 4.74 Å². The summed E-state index contributed by atoms with van der Waals surface area (Å²) in [6.07, 6.45) is 4.54. The topological polar surface area (TPSA) is 34.2 Å². The zero-order valence-electron chi connectivity index (χ0n) is 13.3. The van der Waals surface area contributed by atoms with Gasteiger partial charge in [0.25, 0.3) is 0 Å². The largest absolute Gasteiger partial charge is 0.495 e. The molecule has 0 spiro atoms. The van der Waals surface area contributed by atoms with Crippen molar-refractivity contribution in [3.05, 3.63) is 58.9 Å². The predicted molar refractivity (Wildman–Crippen MR) is 86.8 cm³/mol. The molecule has 0 fully saturated rings. The number of rotatable bonds is 6. The number of methoxy groups -OCH3 is 1. The van der Waals surface area contributed by atoms with Crippen molar-refractivity contribution in [1.29, 1.82) is 0 Å². The summed E-state index contributed by atoms with van der Waals surface area (Å²) in [4.78, 5) is 4.14. The molecule has 3 nitrogen and oxygen atoms in total. The van der Waals surface area contributed by atoms with Gasteiger partial charge >= 0.3 is 0 Å². The summed E-state index contributed by atoms with van der Waals surface area (Å²) in [6, 6.07) is 8.94. The van der Waals surface area contributed by atoms with E-state index in [4.69, 9.17) is 4.74 Å². The summed E-state index contributed by atoms with van der Waals surface area (Å²) in [5, 5.41) is 3.55. The lowest BCUT2D eigenvalue weighted by molar-refractivity contribution is 0.397. The molecule has 1 atom stereocenters. The molecule has 1 unspecified atom stereocenters. The molecule has 112 valence electrons. The Bertz CT molecular complexity index is 596. The molecule has 0 saturated heterocycles. The molecule has 0 amide bonds. The fourth-order valence-electron chi connectivity index (χ4n) is 2.55. The molecule has 1 aromatic carbocycles. The first-order chi connectivity index (χ1) is 10.2. The Labute approximate surface area is 127 Å². The SMILES string of the molecule is CCNC(Cc1ccc(C)c(C)c1)c1ccncc1OC. The van der Waals surface area contributed by atoms with E-state index in [9.17, 15) is 0 Å². The number of ether oxygens (including phenoxy) is 1. The van der Waals surface area contributed by atoms with Gasteiger partial charge in [-0.15, -0.1) is 0 Å². The molecule has 0 bridgehead atoms. The zero-order chi connectivity index (χ0) is 15.2. The first-order valence-electron chi connectivity index (χ1n) is 7.43. The van der Waals surface area contributed by atoms with Crippen molar-refractivity contribution in [2.75, 3.05) is 13.7 Å². The van der Waals surface area contributed by atoms with E-state index in [2.05, 4.69) is 49.3 Å². The second-order valence-electron chi connectivity index (χ2n) is 5.35. The zero-order valence-corrected chi connectivity index (χ0v) is 13.3. The van der Waals surface area contributed by atoms with Gasteiger partial charge in [0.2, 0.25) is 0 Å². The maximum Gasteiger partial charge on any atom is 0.141 e. The molecule has 2 aromatic rings. The first kappa shape index (κ1) is 15.5. The Morgan fingerprint density at radius 2 is 2.00 bits per heavy atom. The highest BCUT2D eigenvalue weighted by Crippen LogP contribution is 2.27. The van der Waals surface area contributed by atoms with Crippen molar-refractivity contribution in [2.24, 2.45) is 0 Å². The van der Waals surface area contributed by atoms with E-state index in [-0.39, 0.29) is 6.04 Å². The summed E-state index contributed by atoms with van der Waals surface area (Å²) >= 11 is 0. The average Bonchev–Trinajstić information content (AvgIpc) is 2.50. The van der Waals surface area contributed by atoms with Gasteiger partial charge in [-0.2, -0.15) is 0 Å². The molecule has 0 saturated carbocycles. The normalized spacial score (nSPS) is 12.2. The van der Waals surface area contributed by atoms with Crippen LogP contribution < -0.4 is 10.1 Å². The molecular formula is C18H24N2O. The molecule has 0 aliphatic carbocycles. The second kappa shape index (κ2) is 7.23. The van der Waals surface area contributed by atoms with Crippen LogP contribution in [0, 0.1) is 13.8 Å². The van der Waals surface area contributed by atoms with E-state index in [1.54, 1.807) is 13.3 Å². The van der Waals surface area contributed by atoms with E-state index in [1.165, 1.54) is 16.7 Å². The Morgan fingerprint density at radius 1 is 1.19 bits per heavy atom. The van der Waals surface area contributed by atoms with Crippen LogP contribution >= 0.6 is 0 Å². The van der Waals surface area contributed by atoms with Crippen LogP contribution in [0.2, 0.25) is 0 Å². The number of nitrogens with zero attached hydrogens (tertiary/aromatic N) is 1. The van der Waals surface area contributed by atoms with Crippen LogP contribution in [0.3, 0.4) is 0 Å². The third-order valence-electron chi connectivity index (χ3n) is 3.87. The Balaban J connectivity index is 2.28. The average molecular weight is 284 g/mol. The van der Waals surface area contributed by atoms with Gasteiger partial charge in [-0.1, -0.05) is 25.1 Å². The minimum Gasteiger partial charge on any atom is -0.495 e. The maximum atomic E-state index is 5.45. The summed E-state index contributed by atoms with van der Waals surface area (Å²) in [7, 11) is 1.69. The fourth-order valence-corrected chi connectivity index (χ4v) is 2.55. The third-order valence-corrected chi connectivity index (χ3v) is 3.87. The third kappa shape index (κ3) is 3.82. The number of pyridine rings is 1. The molecule has 1 N–H and O–H groups in total. The number of benzene rings is 1. The quantitative estimate of drug-likeness (QED) is 0.880. The summed E-state index contributed by atoms with van der Waals surface area (Å²) in [6.45, 7) is 7.35. The highest BCUT2D eigenvalue weighted by atomic mass is 16.5. The molecule has 1 aromatic heterocycles. The monoisotopic (exact) mass is 284 g/mol. The van der Waals surface area contributed by atoms with E-state index in [0.29, 0.717) is 0 Å². The molecular weight excluding hydrogens is 260 g/mol. The van der Waals surface area contributed by atoms with Gasteiger partial charge in [-0.05, 0) is 49.6 Å². The smallest absolute Gasteiger partial charge is 0.141 e. The number of likely N-dealkylation sites (N-methyl/N-ethyl adjacent to an activating group) is 1. The van der Waals surface area contributed by atoms with E-state index < -0.39 is 0 Å². The van der Waals surface area contributed by atoms with Crippen LogP contribution in [-0.2, 0) is 6.42 Å². The standard InChI is InChI=1S/C18H24N2O/c1-5-20-17(16-8-9-19-12-18(16)21-4)11-15-7-6-13(2)14(3)10-15/h6-10,12,17,20H,5,11H2,1-4H3. The Morgan fingerprint density at radius 3 is 2.67 bits per heavy atom. The van der Waals surface area contributed by atoms with E-state index in [0.717, 1.165) is 24.3 Å². The molecule has 3 heteroatoms. The van der Waals surface area contributed by atoms with Crippen molar-refractivity contribution in [2.45, 2.75) is 33.2 Å². The number of hydrogen-bond acceptors (Lipinski definition) is 3. The number of hydrogen-bond donors (Lipinski definition) is 1. The van der Waals surface area contributed by atoms with Crippen LogP contribution in [0.25, 0.3) is 0 Å². The summed E-state index contributed by atoms with van der Waals surface area (Å²) < 4.78 is 5.45. The minimum absolute atomic E-state index is 0.232. The van der Waals surface area contributed by atoms with Crippen LogP contribution in [-0.4, -0.2) is 18.6 Å². The fraction of sp³-hybridized carbons (Fsp3) is 0.389. The van der Waals surface area contributed by atoms with Gasteiger partial charge < -0.3 is 10.1 Å². The number of aromatic nitrogens is 1. The highest BCUT2D eigenvalue weighted by molar-refractivity contribution is 5.36. The van der Waals surface area contributed by atoms with E-state index in [1.807, 2.05) is 12.3 Å². The Kier molecular flexibility index (Phi) is 5.34. The predicted octanol–water partition coefficient (Wildman–Crippen LogP) is 3.60. The molecule has 0 radical (unpaired) electrons. The van der Waals surface area contributed by atoms with Gasteiger partial charge in [0.05, 0.1) is 13.3 Å². The highest BCUT2D eigenvalue weighted by Gasteiger charge is 2.16. The van der Waals surface area contributed by atoms with Gasteiger partial charge in [0.1, 0.15) is 5.75 Å². The van der Waals surface area contributed by atoms with Gasteiger partial charge in [-0.3, -0.25) is 4.98 Å². The minimum atomic E-state index is 0.232. The summed E-state index contributed by atoms with van der Waals surface area (Å²) in [5.74, 6) is 0.840. The van der Waals surface area contributed by atoms with Crippen LogP contribution in [0.15, 0.2) is 36.7 Å². The van der Waals surface area contributed by atoms with Gasteiger partial charge in [0.15, 0.2) is 0 Å². The van der Waals surface area contributed by atoms with Crippen LogP contribution in [0.5, 0.6) is 5.75 Å². The summed E-state index contributed by atoms with van der Waals surface area (Å²) in [5.41, 5.74) is 5.17. The molecule has 21 heavy (non-hydrogen) atoms. The molecule has 2 rings (SSSR count). The molecule has 0 aliphatic heterocycles. The van der Waals surface area contributed by atoms with E-state index >= 15 is 0 Å². The lowest BCUT2D eigenvalue weighted by atomic mass is 9.96. The van der Waals surface area contributed by atoms with Crippen molar-refractivity contribution in [1.82, 2.24) is 10.3 Å².